The number of amides is 1. The van der Waals surface area contributed by atoms with Crippen LogP contribution in [-0.2, 0) is 5.75 Å². The standard InChI is InChI=1S/C15H13N3O2S/c19-14(18-20)11-7-5-10(6-8-11)9-21-15-16-12-3-1-2-4-13(12)17-15/h1-8,20H,9H2,(H,16,17)(H,18,19). The van der Waals surface area contributed by atoms with E-state index in [2.05, 4.69) is 9.97 Å². The van der Waals surface area contributed by atoms with Crippen LogP contribution in [0.1, 0.15) is 15.9 Å². The molecule has 0 saturated carbocycles. The molecular weight excluding hydrogens is 286 g/mol. The number of nitrogens with one attached hydrogen (secondary N) is 2. The molecule has 0 aliphatic carbocycles. The van der Waals surface area contributed by atoms with Gasteiger partial charge in [-0.05, 0) is 29.8 Å². The third-order valence-corrected chi connectivity index (χ3v) is 4.01. The molecule has 3 N–H and O–H groups in total. The van der Waals surface area contributed by atoms with Gasteiger partial charge in [0.25, 0.3) is 5.91 Å². The molecule has 0 fully saturated rings. The van der Waals surface area contributed by atoms with Crippen LogP contribution in [0.4, 0.5) is 0 Å². The molecule has 3 aromatic rings. The van der Waals surface area contributed by atoms with E-state index in [1.165, 1.54) is 0 Å². The fourth-order valence-electron chi connectivity index (χ4n) is 1.97. The van der Waals surface area contributed by atoms with Crippen molar-refractivity contribution < 1.29 is 10.0 Å². The second kappa shape index (κ2) is 5.99. The lowest BCUT2D eigenvalue weighted by Crippen LogP contribution is -2.18. The summed E-state index contributed by atoms with van der Waals surface area (Å²) < 4.78 is 0. The monoisotopic (exact) mass is 299 g/mol. The normalized spacial score (nSPS) is 10.7. The van der Waals surface area contributed by atoms with Gasteiger partial charge in [-0.1, -0.05) is 36.0 Å². The van der Waals surface area contributed by atoms with Crippen molar-refractivity contribution in [3.8, 4) is 0 Å². The van der Waals surface area contributed by atoms with Gasteiger partial charge in [-0.25, -0.2) is 10.5 Å². The van der Waals surface area contributed by atoms with Gasteiger partial charge in [0.05, 0.1) is 11.0 Å². The Balaban J connectivity index is 1.68. The fraction of sp³-hybridized carbons (Fsp3) is 0.0667. The molecule has 1 aromatic heterocycles. The zero-order valence-corrected chi connectivity index (χ0v) is 11.9. The molecular formula is C15H13N3O2S. The van der Waals surface area contributed by atoms with Crippen molar-refractivity contribution in [3.05, 3.63) is 59.7 Å². The molecule has 0 bridgehead atoms. The summed E-state index contributed by atoms with van der Waals surface area (Å²) in [5.74, 6) is 0.243. The first-order valence-corrected chi connectivity index (χ1v) is 7.36. The maximum Gasteiger partial charge on any atom is 0.274 e. The molecule has 106 valence electrons. The van der Waals surface area contributed by atoms with Gasteiger partial charge in [0.2, 0.25) is 0 Å². The number of rotatable bonds is 4. The molecule has 0 aliphatic rings. The van der Waals surface area contributed by atoms with E-state index < -0.39 is 5.91 Å². The number of imidazole rings is 1. The Morgan fingerprint density at radius 3 is 2.67 bits per heavy atom. The molecule has 1 heterocycles. The topological polar surface area (TPSA) is 78.0 Å². The number of thioether (sulfide) groups is 1. The molecule has 0 atom stereocenters. The van der Waals surface area contributed by atoms with Gasteiger partial charge in [0.1, 0.15) is 0 Å². The molecule has 0 aliphatic heterocycles. The van der Waals surface area contributed by atoms with E-state index in [0.717, 1.165) is 27.5 Å². The Hall–Kier alpha value is -2.31. The fourth-order valence-corrected chi connectivity index (χ4v) is 2.81. The predicted octanol–water partition coefficient (Wildman–Crippen LogP) is 2.97. The number of H-pyrrole nitrogens is 1. The minimum atomic E-state index is -0.508. The smallest absolute Gasteiger partial charge is 0.274 e. The Labute approximate surface area is 125 Å². The second-order valence-electron chi connectivity index (χ2n) is 4.49. The second-order valence-corrected chi connectivity index (χ2v) is 5.45. The van der Waals surface area contributed by atoms with Crippen LogP contribution in [0.5, 0.6) is 0 Å². The highest BCUT2D eigenvalue weighted by Crippen LogP contribution is 2.23. The highest BCUT2D eigenvalue weighted by molar-refractivity contribution is 7.98. The molecule has 6 heteroatoms. The quantitative estimate of drug-likeness (QED) is 0.393. The number of fused-ring (bicyclic) bond motifs is 1. The number of hydrogen-bond acceptors (Lipinski definition) is 4. The molecule has 0 spiro atoms. The average molecular weight is 299 g/mol. The minimum absolute atomic E-state index is 0.426. The number of para-hydroxylation sites is 2. The number of aromatic amines is 1. The van der Waals surface area contributed by atoms with Crippen molar-refractivity contribution in [1.29, 1.82) is 0 Å². The lowest BCUT2D eigenvalue weighted by atomic mass is 10.1. The number of nitrogens with zero attached hydrogens (tertiary/aromatic N) is 1. The number of carbonyl (C=O) groups is 1. The lowest BCUT2D eigenvalue weighted by Gasteiger charge is -2.01. The first kappa shape index (κ1) is 13.7. The van der Waals surface area contributed by atoms with Crippen molar-refractivity contribution in [2.75, 3.05) is 0 Å². The number of hydrogen-bond donors (Lipinski definition) is 3. The Morgan fingerprint density at radius 1 is 1.19 bits per heavy atom. The van der Waals surface area contributed by atoms with Crippen LogP contribution in [0.2, 0.25) is 0 Å². The van der Waals surface area contributed by atoms with E-state index in [4.69, 9.17) is 5.21 Å². The van der Waals surface area contributed by atoms with Gasteiger partial charge < -0.3 is 4.98 Å². The molecule has 2 aromatic carbocycles. The van der Waals surface area contributed by atoms with E-state index in [1.807, 2.05) is 36.4 Å². The van der Waals surface area contributed by atoms with Gasteiger partial charge in [-0.15, -0.1) is 0 Å². The summed E-state index contributed by atoms with van der Waals surface area (Å²) in [5.41, 5.74) is 5.10. The summed E-state index contributed by atoms with van der Waals surface area (Å²) in [6, 6.07) is 15.0. The van der Waals surface area contributed by atoms with Gasteiger partial charge >= 0.3 is 0 Å². The maximum absolute atomic E-state index is 11.2. The van der Waals surface area contributed by atoms with E-state index >= 15 is 0 Å². The molecule has 5 nitrogen and oxygen atoms in total. The zero-order chi connectivity index (χ0) is 14.7. The number of hydroxylamine groups is 1. The average Bonchev–Trinajstić information content (AvgIpc) is 2.95. The summed E-state index contributed by atoms with van der Waals surface area (Å²) >= 11 is 1.60. The largest absolute Gasteiger partial charge is 0.333 e. The molecule has 0 unspecified atom stereocenters. The summed E-state index contributed by atoms with van der Waals surface area (Å²) in [6.07, 6.45) is 0. The predicted molar refractivity (Wildman–Crippen MR) is 81.3 cm³/mol. The van der Waals surface area contributed by atoms with Crippen LogP contribution in [0.25, 0.3) is 11.0 Å². The summed E-state index contributed by atoms with van der Waals surface area (Å²) in [7, 11) is 0. The molecule has 0 saturated heterocycles. The van der Waals surface area contributed by atoms with Gasteiger partial charge in [0, 0.05) is 11.3 Å². The van der Waals surface area contributed by atoms with Crippen LogP contribution in [0, 0.1) is 0 Å². The zero-order valence-electron chi connectivity index (χ0n) is 11.0. The highest BCUT2D eigenvalue weighted by Gasteiger charge is 2.05. The van der Waals surface area contributed by atoms with Crippen LogP contribution < -0.4 is 5.48 Å². The van der Waals surface area contributed by atoms with Crippen molar-refractivity contribution in [1.82, 2.24) is 15.4 Å². The molecule has 1 amide bonds. The Bertz CT molecular complexity index is 735. The van der Waals surface area contributed by atoms with Crippen LogP contribution in [0.3, 0.4) is 0 Å². The first-order chi connectivity index (χ1) is 10.3. The van der Waals surface area contributed by atoms with Gasteiger partial charge in [-0.3, -0.25) is 10.0 Å². The summed E-state index contributed by atoms with van der Waals surface area (Å²) in [4.78, 5) is 19.0. The van der Waals surface area contributed by atoms with Crippen molar-refractivity contribution in [2.45, 2.75) is 10.9 Å². The number of aromatic nitrogens is 2. The van der Waals surface area contributed by atoms with Crippen molar-refractivity contribution >= 4 is 28.7 Å². The van der Waals surface area contributed by atoms with Gasteiger partial charge in [-0.2, -0.15) is 0 Å². The SMILES string of the molecule is O=C(NO)c1ccc(CSc2nc3ccccc3[nH]2)cc1. The molecule has 21 heavy (non-hydrogen) atoms. The van der Waals surface area contributed by atoms with Crippen molar-refractivity contribution in [2.24, 2.45) is 0 Å². The van der Waals surface area contributed by atoms with E-state index in [-0.39, 0.29) is 0 Å². The number of benzene rings is 2. The maximum atomic E-state index is 11.2. The van der Waals surface area contributed by atoms with Gasteiger partial charge in [0.15, 0.2) is 5.16 Å². The minimum Gasteiger partial charge on any atom is -0.333 e. The number of carbonyl (C=O) groups excluding carboxylic acids is 1. The Morgan fingerprint density at radius 2 is 1.95 bits per heavy atom. The Kier molecular flexibility index (Phi) is 3.89. The van der Waals surface area contributed by atoms with Crippen LogP contribution >= 0.6 is 11.8 Å². The third-order valence-electron chi connectivity index (χ3n) is 3.06. The molecule has 3 rings (SSSR count). The molecule has 0 radical (unpaired) electrons. The van der Waals surface area contributed by atoms with Crippen LogP contribution in [-0.4, -0.2) is 21.1 Å². The first-order valence-electron chi connectivity index (χ1n) is 6.37. The van der Waals surface area contributed by atoms with Crippen LogP contribution in [0.15, 0.2) is 53.7 Å². The highest BCUT2D eigenvalue weighted by atomic mass is 32.2. The van der Waals surface area contributed by atoms with E-state index in [1.54, 1.807) is 29.4 Å². The summed E-state index contributed by atoms with van der Waals surface area (Å²) in [5, 5.41) is 9.43. The van der Waals surface area contributed by atoms with E-state index in [9.17, 15) is 4.79 Å². The third kappa shape index (κ3) is 3.07. The van der Waals surface area contributed by atoms with E-state index in [0.29, 0.717) is 5.56 Å². The summed E-state index contributed by atoms with van der Waals surface area (Å²) in [6.45, 7) is 0. The lowest BCUT2D eigenvalue weighted by molar-refractivity contribution is 0.0706. The van der Waals surface area contributed by atoms with Crippen molar-refractivity contribution in [3.63, 3.8) is 0 Å².